The first-order valence-corrected chi connectivity index (χ1v) is 5.37. The number of amides is 1. The molecule has 1 rings (SSSR count). The summed E-state index contributed by atoms with van der Waals surface area (Å²) in [5, 5.41) is 2.31. The molecule has 0 spiro atoms. The molecule has 0 aromatic carbocycles. The van der Waals surface area contributed by atoms with Crippen LogP contribution in [-0.4, -0.2) is 24.2 Å². The van der Waals surface area contributed by atoms with Gasteiger partial charge in [-0.2, -0.15) is 13.2 Å². The Morgan fingerprint density at radius 2 is 2.19 bits per heavy atom. The number of primary amides is 1. The third-order valence-electron chi connectivity index (χ3n) is 3.10. The molecule has 6 heteroatoms. The van der Waals surface area contributed by atoms with E-state index in [1.54, 1.807) is 0 Å². The fourth-order valence-electron chi connectivity index (χ4n) is 2.29. The van der Waals surface area contributed by atoms with Gasteiger partial charge < -0.3 is 5.73 Å². The number of carbonyl (C=O) groups is 1. The van der Waals surface area contributed by atoms with Crippen molar-refractivity contribution in [2.45, 2.75) is 44.3 Å². The molecule has 0 aliphatic heterocycles. The Bertz CT molecular complexity index is 267. The second kappa shape index (κ2) is 4.61. The van der Waals surface area contributed by atoms with Crippen LogP contribution in [0.5, 0.6) is 0 Å². The van der Waals surface area contributed by atoms with Crippen molar-refractivity contribution in [3.63, 3.8) is 0 Å². The van der Waals surface area contributed by atoms with Crippen LogP contribution in [0.25, 0.3) is 0 Å². The molecule has 0 radical (unpaired) electrons. The molecule has 1 amide bonds. The number of alkyl halides is 3. The Balaban J connectivity index is 2.69. The predicted octanol–water partition coefficient (Wildman–Crippen LogP) is 1.57. The van der Waals surface area contributed by atoms with Crippen LogP contribution in [0.3, 0.4) is 0 Å². The molecule has 1 fully saturated rings. The lowest BCUT2D eigenvalue weighted by molar-refractivity contribution is -0.138. The number of halogens is 3. The summed E-state index contributed by atoms with van der Waals surface area (Å²) in [4.78, 5) is 11.3. The van der Waals surface area contributed by atoms with Crippen LogP contribution in [0.4, 0.5) is 13.2 Å². The number of hydrogen-bond donors (Lipinski definition) is 2. The highest BCUT2D eigenvalue weighted by Crippen LogP contribution is 2.32. The van der Waals surface area contributed by atoms with Gasteiger partial charge in [0, 0.05) is 0 Å². The molecule has 1 aliphatic rings. The molecule has 2 unspecified atom stereocenters. The van der Waals surface area contributed by atoms with Crippen molar-refractivity contribution in [1.29, 1.82) is 0 Å². The van der Waals surface area contributed by atoms with Gasteiger partial charge in [0.1, 0.15) is 0 Å². The van der Waals surface area contributed by atoms with Gasteiger partial charge in [-0.25, -0.2) is 0 Å². The molecule has 0 saturated heterocycles. The Labute approximate surface area is 92.6 Å². The van der Waals surface area contributed by atoms with Crippen molar-refractivity contribution in [1.82, 2.24) is 5.32 Å². The minimum Gasteiger partial charge on any atom is -0.368 e. The Morgan fingerprint density at radius 3 is 2.62 bits per heavy atom. The fraction of sp³-hybridized carbons (Fsp3) is 0.900. The maximum Gasteiger partial charge on any atom is 0.401 e. The van der Waals surface area contributed by atoms with E-state index in [-0.39, 0.29) is 5.92 Å². The van der Waals surface area contributed by atoms with E-state index in [0.717, 1.165) is 12.8 Å². The number of hydrogen-bond acceptors (Lipinski definition) is 2. The third-order valence-corrected chi connectivity index (χ3v) is 3.10. The average molecular weight is 238 g/mol. The van der Waals surface area contributed by atoms with Crippen molar-refractivity contribution in [2.24, 2.45) is 11.7 Å². The van der Waals surface area contributed by atoms with E-state index >= 15 is 0 Å². The molecule has 94 valence electrons. The number of carbonyl (C=O) groups excluding carboxylic acids is 1. The van der Waals surface area contributed by atoms with E-state index in [1.165, 1.54) is 0 Å². The van der Waals surface area contributed by atoms with E-state index in [2.05, 4.69) is 5.32 Å². The molecule has 3 N–H and O–H groups in total. The lowest BCUT2D eigenvalue weighted by Gasteiger charge is -2.38. The lowest BCUT2D eigenvalue weighted by Crippen LogP contribution is -2.59. The molecule has 2 atom stereocenters. The maximum absolute atomic E-state index is 12.1. The first kappa shape index (κ1) is 13.3. The van der Waals surface area contributed by atoms with Gasteiger partial charge >= 0.3 is 6.18 Å². The molecule has 0 aromatic rings. The van der Waals surface area contributed by atoms with Gasteiger partial charge in [-0.3, -0.25) is 10.1 Å². The summed E-state index contributed by atoms with van der Waals surface area (Å²) >= 11 is 0. The first-order chi connectivity index (χ1) is 7.25. The van der Waals surface area contributed by atoms with Gasteiger partial charge in [0.15, 0.2) is 0 Å². The number of nitrogens with two attached hydrogens (primary N) is 1. The SMILES string of the molecule is CC1CCCC(NCC(F)(F)F)(C(N)=O)C1. The van der Waals surface area contributed by atoms with Crippen LogP contribution in [0.1, 0.15) is 32.6 Å². The monoisotopic (exact) mass is 238 g/mol. The standard InChI is InChI=1S/C10H17F3N2O/c1-7-3-2-4-9(5-7,8(14)16)15-6-10(11,12)13/h7,15H,2-6H2,1H3,(H2,14,16). The summed E-state index contributed by atoms with van der Waals surface area (Å²) in [6.45, 7) is 0.759. The van der Waals surface area contributed by atoms with E-state index in [1.807, 2.05) is 6.92 Å². The van der Waals surface area contributed by atoms with Gasteiger partial charge in [0.25, 0.3) is 0 Å². The zero-order valence-corrected chi connectivity index (χ0v) is 9.23. The van der Waals surface area contributed by atoms with Gasteiger partial charge in [-0.05, 0) is 18.8 Å². The van der Waals surface area contributed by atoms with Gasteiger partial charge in [0.05, 0.1) is 12.1 Å². The van der Waals surface area contributed by atoms with Crippen LogP contribution >= 0.6 is 0 Å². The van der Waals surface area contributed by atoms with Crippen LogP contribution in [0.2, 0.25) is 0 Å². The molecule has 3 nitrogen and oxygen atoms in total. The van der Waals surface area contributed by atoms with Crippen LogP contribution in [0.15, 0.2) is 0 Å². The van der Waals surface area contributed by atoms with Crippen molar-refractivity contribution in [3.8, 4) is 0 Å². The smallest absolute Gasteiger partial charge is 0.368 e. The summed E-state index contributed by atoms with van der Waals surface area (Å²) in [6, 6.07) is 0. The van der Waals surface area contributed by atoms with E-state index in [9.17, 15) is 18.0 Å². The quantitative estimate of drug-likeness (QED) is 0.784. The second-order valence-electron chi connectivity index (χ2n) is 4.62. The van der Waals surface area contributed by atoms with Gasteiger partial charge in [-0.1, -0.05) is 19.8 Å². The topological polar surface area (TPSA) is 55.1 Å². The minimum atomic E-state index is -4.32. The molecule has 1 aliphatic carbocycles. The zero-order chi connectivity index (χ0) is 12.4. The van der Waals surface area contributed by atoms with Crippen molar-refractivity contribution in [3.05, 3.63) is 0 Å². The molecule has 0 bridgehead atoms. The minimum absolute atomic E-state index is 0.224. The Hall–Kier alpha value is -0.780. The van der Waals surface area contributed by atoms with Gasteiger partial charge in [-0.15, -0.1) is 0 Å². The van der Waals surface area contributed by atoms with Crippen LogP contribution < -0.4 is 11.1 Å². The molecule has 0 heterocycles. The first-order valence-electron chi connectivity index (χ1n) is 5.37. The molecule has 1 saturated carbocycles. The number of nitrogens with one attached hydrogen (secondary N) is 1. The highest BCUT2D eigenvalue weighted by molar-refractivity contribution is 5.84. The van der Waals surface area contributed by atoms with Crippen molar-refractivity contribution < 1.29 is 18.0 Å². The second-order valence-corrected chi connectivity index (χ2v) is 4.62. The lowest BCUT2D eigenvalue weighted by atomic mass is 9.76. The van der Waals surface area contributed by atoms with Crippen molar-refractivity contribution >= 4 is 5.91 Å². The average Bonchev–Trinajstić information content (AvgIpc) is 2.13. The highest BCUT2D eigenvalue weighted by Gasteiger charge is 2.42. The summed E-state index contributed by atoms with van der Waals surface area (Å²) in [5.41, 5.74) is 4.05. The molecular formula is C10H17F3N2O. The van der Waals surface area contributed by atoms with Crippen LogP contribution in [-0.2, 0) is 4.79 Å². The molecule has 0 aromatic heterocycles. The number of rotatable bonds is 3. The molecular weight excluding hydrogens is 221 g/mol. The summed E-state index contributed by atoms with van der Waals surface area (Å²) in [6.07, 6.45) is -1.87. The fourth-order valence-corrected chi connectivity index (χ4v) is 2.29. The van der Waals surface area contributed by atoms with E-state index < -0.39 is 24.2 Å². The maximum atomic E-state index is 12.1. The predicted molar refractivity (Wildman–Crippen MR) is 53.6 cm³/mol. The zero-order valence-electron chi connectivity index (χ0n) is 9.23. The van der Waals surface area contributed by atoms with Crippen molar-refractivity contribution in [2.75, 3.05) is 6.54 Å². The van der Waals surface area contributed by atoms with Crippen LogP contribution in [0, 0.1) is 5.92 Å². The molecule has 16 heavy (non-hydrogen) atoms. The largest absolute Gasteiger partial charge is 0.401 e. The third kappa shape index (κ3) is 3.37. The summed E-state index contributed by atoms with van der Waals surface area (Å²) in [5.74, 6) is -0.453. The Morgan fingerprint density at radius 1 is 1.56 bits per heavy atom. The summed E-state index contributed by atoms with van der Waals surface area (Å²) in [7, 11) is 0. The van der Waals surface area contributed by atoms with E-state index in [4.69, 9.17) is 5.73 Å². The Kier molecular flexibility index (Phi) is 3.83. The van der Waals surface area contributed by atoms with Gasteiger partial charge in [0.2, 0.25) is 5.91 Å². The normalized spacial score (nSPS) is 31.4. The highest BCUT2D eigenvalue weighted by atomic mass is 19.4. The summed E-state index contributed by atoms with van der Waals surface area (Å²) < 4.78 is 36.4. The van der Waals surface area contributed by atoms with E-state index in [0.29, 0.717) is 12.8 Å².